The van der Waals surface area contributed by atoms with Gasteiger partial charge in [0.15, 0.2) is 0 Å². The molecular formula is C19H24N2O3S2. The average molecular weight is 393 g/mol. The Morgan fingerprint density at radius 3 is 2.69 bits per heavy atom. The maximum atomic E-state index is 12.6. The molecule has 1 aromatic heterocycles. The number of carbonyl (C=O) groups is 2. The van der Waals surface area contributed by atoms with Crippen LogP contribution in [0.5, 0.6) is 0 Å². The van der Waals surface area contributed by atoms with E-state index in [1.54, 1.807) is 6.92 Å². The summed E-state index contributed by atoms with van der Waals surface area (Å²) >= 11 is 2.80. The van der Waals surface area contributed by atoms with Crippen molar-refractivity contribution in [2.75, 3.05) is 30.0 Å². The van der Waals surface area contributed by atoms with E-state index < -0.39 is 5.97 Å². The van der Waals surface area contributed by atoms with Crippen molar-refractivity contribution >= 4 is 40.0 Å². The lowest BCUT2D eigenvalue weighted by atomic mass is 9.97. The van der Waals surface area contributed by atoms with E-state index in [4.69, 9.17) is 10.5 Å². The van der Waals surface area contributed by atoms with Crippen LogP contribution in [0.2, 0.25) is 0 Å². The van der Waals surface area contributed by atoms with E-state index in [0.717, 1.165) is 28.0 Å². The van der Waals surface area contributed by atoms with E-state index in [1.807, 2.05) is 31.4 Å². The predicted molar refractivity (Wildman–Crippen MR) is 110 cm³/mol. The number of hydrogen-bond donors (Lipinski definition) is 2. The molecule has 26 heavy (non-hydrogen) atoms. The quantitative estimate of drug-likeness (QED) is 0.527. The number of ether oxygens (including phenoxy) is 1. The van der Waals surface area contributed by atoms with Gasteiger partial charge in [-0.2, -0.15) is 11.8 Å². The van der Waals surface area contributed by atoms with Crippen molar-refractivity contribution in [1.29, 1.82) is 0 Å². The van der Waals surface area contributed by atoms with Gasteiger partial charge in [-0.15, -0.1) is 11.3 Å². The summed E-state index contributed by atoms with van der Waals surface area (Å²) in [4.78, 5) is 24.7. The second-order valence-corrected chi connectivity index (χ2v) is 7.77. The summed E-state index contributed by atoms with van der Waals surface area (Å²) < 4.78 is 5.23. The number of benzene rings is 1. The van der Waals surface area contributed by atoms with E-state index in [1.165, 1.54) is 23.1 Å². The molecule has 1 amide bonds. The molecule has 0 fully saturated rings. The first-order valence-electron chi connectivity index (χ1n) is 8.41. The first-order valence-corrected chi connectivity index (χ1v) is 10.4. The van der Waals surface area contributed by atoms with Crippen molar-refractivity contribution in [3.05, 3.63) is 40.3 Å². The minimum absolute atomic E-state index is 0.150. The molecule has 0 saturated carbocycles. The van der Waals surface area contributed by atoms with Crippen LogP contribution in [0.3, 0.4) is 0 Å². The van der Waals surface area contributed by atoms with E-state index in [2.05, 4.69) is 11.4 Å². The van der Waals surface area contributed by atoms with Gasteiger partial charge >= 0.3 is 5.97 Å². The summed E-state index contributed by atoms with van der Waals surface area (Å²) in [6.45, 7) is 6.61. The predicted octanol–water partition coefficient (Wildman–Crippen LogP) is 3.84. The van der Waals surface area contributed by atoms with Gasteiger partial charge in [0.25, 0.3) is 0 Å². The molecular weight excluding hydrogens is 368 g/mol. The smallest absolute Gasteiger partial charge is 0.341 e. The Morgan fingerprint density at radius 2 is 2.04 bits per heavy atom. The third kappa shape index (κ3) is 5.09. The minimum Gasteiger partial charge on any atom is -0.462 e. The number of carbonyl (C=O) groups excluding carboxylic acids is 2. The van der Waals surface area contributed by atoms with Crippen LogP contribution >= 0.6 is 23.1 Å². The van der Waals surface area contributed by atoms with Crippen LogP contribution in [-0.4, -0.2) is 36.5 Å². The Labute approximate surface area is 162 Å². The molecule has 0 aliphatic heterocycles. The molecule has 0 radical (unpaired) electrons. The summed E-state index contributed by atoms with van der Waals surface area (Å²) in [5.74, 6) is 0.448. The highest BCUT2D eigenvalue weighted by atomic mass is 32.2. The molecule has 7 heteroatoms. The number of hydrogen-bond acceptors (Lipinski definition) is 6. The third-order valence-electron chi connectivity index (χ3n) is 3.69. The Hall–Kier alpha value is -1.83. The first-order chi connectivity index (χ1) is 12.5. The highest BCUT2D eigenvalue weighted by Gasteiger charge is 2.23. The van der Waals surface area contributed by atoms with Crippen molar-refractivity contribution in [3.63, 3.8) is 0 Å². The maximum Gasteiger partial charge on any atom is 0.341 e. The topological polar surface area (TPSA) is 81.4 Å². The van der Waals surface area contributed by atoms with Gasteiger partial charge in [0, 0.05) is 23.2 Å². The maximum absolute atomic E-state index is 12.6. The van der Waals surface area contributed by atoms with Gasteiger partial charge in [-0.3, -0.25) is 4.79 Å². The number of anilines is 1. The van der Waals surface area contributed by atoms with E-state index >= 15 is 0 Å². The number of rotatable bonds is 8. The lowest BCUT2D eigenvalue weighted by Crippen LogP contribution is -2.17. The summed E-state index contributed by atoms with van der Waals surface area (Å²) in [5.41, 5.74) is 9.85. The summed E-state index contributed by atoms with van der Waals surface area (Å²) in [6.07, 6.45) is 0. The SMILES string of the molecule is CCOC(=O)c1c(-c2ccc(C)cc2C)csc1NC(=O)CSCCN. The van der Waals surface area contributed by atoms with Gasteiger partial charge in [0.2, 0.25) is 5.91 Å². The molecule has 1 heterocycles. The van der Waals surface area contributed by atoms with Gasteiger partial charge in [0.05, 0.1) is 12.4 Å². The molecule has 140 valence electrons. The molecule has 5 nitrogen and oxygen atoms in total. The zero-order chi connectivity index (χ0) is 19.1. The zero-order valence-electron chi connectivity index (χ0n) is 15.3. The standard InChI is InChI=1S/C19H24N2O3S2/c1-4-24-19(23)17-15(14-6-5-12(2)9-13(14)3)10-26-18(17)21-16(22)11-25-8-7-20/h5-6,9-10H,4,7-8,11,20H2,1-3H3,(H,21,22). The highest BCUT2D eigenvalue weighted by Crippen LogP contribution is 2.37. The van der Waals surface area contributed by atoms with Crippen molar-refractivity contribution in [3.8, 4) is 11.1 Å². The fraction of sp³-hybridized carbons (Fsp3) is 0.368. The Bertz CT molecular complexity index is 787. The number of aryl methyl sites for hydroxylation is 2. The van der Waals surface area contributed by atoms with Gasteiger partial charge in [-0.1, -0.05) is 23.8 Å². The summed E-state index contributed by atoms with van der Waals surface area (Å²) in [5, 5.41) is 5.27. The van der Waals surface area contributed by atoms with Gasteiger partial charge in [0.1, 0.15) is 10.6 Å². The summed E-state index contributed by atoms with van der Waals surface area (Å²) in [7, 11) is 0. The lowest BCUT2D eigenvalue weighted by Gasteiger charge is -2.10. The molecule has 0 unspecified atom stereocenters. The monoisotopic (exact) mass is 392 g/mol. The van der Waals surface area contributed by atoms with Crippen molar-refractivity contribution in [2.24, 2.45) is 5.73 Å². The fourth-order valence-electron chi connectivity index (χ4n) is 2.58. The second kappa shape index (κ2) is 9.75. The van der Waals surface area contributed by atoms with Crippen LogP contribution in [-0.2, 0) is 9.53 Å². The zero-order valence-corrected chi connectivity index (χ0v) is 16.9. The molecule has 1 aromatic carbocycles. The number of esters is 1. The Balaban J connectivity index is 2.36. The normalized spacial score (nSPS) is 10.6. The van der Waals surface area contributed by atoms with Crippen LogP contribution in [0.25, 0.3) is 11.1 Å². The van der Waals surface area contributed by atoms with Crippen molar-refractivity contribution < 1.29 is 14.3 Å². The second-order valence-electron chi connectivity index (χ2n) is 5.78. The third-order valence-corrected chi connectivity index (χ3v) is 5.58. The van der Waals surface area contributed by atoms with Crippen LogP contribution in [0.1, 0.15) is 28.4 Å². The number of nitrogens with one attached hydrogen (secondary N) is 1. The lowest BCUT2D eigenvalue weighted by molar-refractivity contribution is -0.113. The van der Waals surface area contributed by atoms with E-state index in [0.29, 0.717) is 22.9 Å². The van der Waals surface area contributed by atoms with Crippen LogP contribution in [0.15, 0.2) is 23.6 Å². The molecule has 0 spiro atoms. The van der Waals surface area contributed by atoms with Gasteiger partial charge in [-0.25, -0.2) is 4.79 Å². The molecule has 0 aliphatic rings. The van der Waals surface area contributed by atoms with Crippen molar-refractivity contribution in [1.82, 2.24) is 0 Å². The average Bonchev–Trinajstić information content (AvgIpc) is 2.98. The van der Waals surface area contributed by atoms with Crippen LogP contribution in [0, 0.1) is 13.8 Å². The first kappa shape index (κ1) is 20.5. The Kier molecular flexibility index (Phi) is 7.68. The Morgan fingerprint density at radius 1 is 1.27 bits per heavy atom. The van der Waals surface area contributed by atoms with Crippen LogP contribution < -0.4 is 11.1 Å². The summed E-state index contributed by atoms with van der Waals surface area (Å²) in [6, 6.07) is 6.08. The number of thioether (sulfide) groups is 1. The minimum atomic E-state index is -0.423. The molecule has 0 saturated heterocycles. The van der Waals surface area contributed by atoms with E-state index in [-0.39, 0.29) is 12.5 Å². The highest BCUT2D eigenvalue weighted by molar-refractivity contribution is 7.99. The van der Waals surface area contributed by atoms with E-state index in [9.17, 15) is 9.59 Å². The molecule has 3 N–H and O–H groups in total. The largest absolute Gasteiger partial charge is 0.462 e. The number of thiophene rings is 1. The molecule has 0 bridgehead atoms. The van der Waals surface area contributed by atoms with Gasteiger partial charge < -0.3 is 15.8 Å². The molecule has 2 rings (SSSR count). The fourth-order valence-corrected chi connectivity index (χ4v) is 4.11. The van der Waals surface area contributed by atoms with Crippen LogP contribution in [0.4, 0.5) is 5.00 Å². The van der Waals surface area contributed by atoms with Gasteiger partial charge in [-0.05, 0) is 31.9 Å². The molecule has 0 atom stereocenters. The number of nitrogens with two attached hydrogens (primary N) is 1. The molecule has 2 aromatic rings. The molecule has 0 aliphatic carbocycles. The number of amides is 1. The van der Waals surface area contributed by atoms with Crippen molar-refractivity contribution in [2.45, 2.75) is 20.8 Å².